The van der Waals surface area contributed by atoms with Crippen LogP contribution in [0, 0.1) is 0 Å². The Bertz CT molecular complexity index is 510. The molecule has 1 fully saturated rings. The summed E-state index contributed by atoms with van der Waals surface area (Å²) >= 11 is 0. The van der Waals surface area contributed by atoms with Crippen LogP contribution in [0.4, 0.5) is 0 Å². The first-order chi connectivity index (χ1) is 11.3. The van der Waals surface area contributed by atoms with Crippen molar-refractivity contribution < 1.29 is 59.0 Å². The van der Waals surface area contributed by atoms with E-state index in [4.69, 9.17) is 14.7 Å². The van der Waals surface area contributed by atoms with Gasteiger partial charge in [-0.3, -0.25) is 5.32 Å². The molecular weight excluding hydrogens is 388 g/mol. The van der Waals surface area contributed by atoms with Crippen LogP contribution in [0.25, 0.3) is 0 Å². The molecule has 7 atom stereocenters. The molecule has 7 N–H and O–H groups in total. The first kappa shape index (κ1) is 23.1. The second-order valence-corrected chi connectivity index (χ2v) is 9.47. The number of rotatable bonds is 8. The van der Waals surface area contributed by atoms with Gasteiger partial charge in [-0.25, -0.2) is 0 Å². The first-order valence-electron chi connectivity index (χ1n) is 7.08. The third kappa shape index (κ3) is 5.05. The van der Waals surface area contributed by atoms with Crippen LogP contribution in [0.1, 0.15) is 12.8 Å². The molecule has 0 bridgehead atoms. The summed E-state index contributed by atoms with van der Waals surface area (Å²) in [6.07, 6.45) is -9.02. The van der Waals surface area contributed by atoms with Crippen LogP contribution >= 0.6 is 15.2 Å². The zero-order valence-corrected chi connectivity index (χ0v) is 14.5. The van der Waals surface area contributed by atoms with Gasteiger partial charge in [-0.05, 0) is 27.0 Å². The quantitative estimate of drug-likeness (QED) is 0.146. The highest BCUT2D eigenvalue weighted by Gasteiger charge is 2.44. The van der Waals surface area contributed by atoms with E-state index < -0.39 is 70.4 Å². The van der Waals surface area contributed by atoms with Crippen LogP contribution in [0.3, 0.4) is 0 Å². The summed E-state index contributed by atoms with van der Waals surface area (Å²) in [5, 5.41) is 45.9. The minimum Gasteiger partial charge on any atom is -0.808 e. The molecule has 0 radical (unpaired) electrons. The normalized spacial score (nSPS) is 35.8. The van der Waals surface area contributed by atoms with Gasteiger partial charge < -0.3 is 59.0 Å². The van der Waals surface area contributed by atoms with Crippen molar-refractivity contribution >= 4 is 15.2 Å². The maximum atomic E-state index is 11.0. The van der Waals surface area contributed by atoms with Crippen molar-refractivity contribution in [1.82, 2.24) is 5.32 Å². The molecule has 0 aromatic rings. The molecule has 150 valence electrons. The van der Waals surface area contributed by atoms with Crippen LogP contribution in [-0.4, -0.2) is 79.3 Å². The zero-order chi connectivity index (χ0) is 19.6. The summed E-state index contributed by atoms with van der Waals surface area (Å²) in [5.74, 6) is 0. The molecule has 0 spiro atoms. The van der Waals surface area contributed by atoms with Gasteiger partial charge in [-0.2, -0.15) is 0 Å². The summed E-state index contributed by atoms with van der Waals surface area (Å²) in [6, 6.07) is 0. The molecule has 1 rings (SSSR count). The Morgan fingerprint density at radius 1 is 1.08 bits per heavy atom. The van der Waals surface area contributed by atoms with Gasteiger partial charge in [0, 0.05) is 0 Å². The molecule has 13 nitrogen and oxygen atoms in total. The predicted octanol–water partition coefficient (Wildman–Crippen LogP) is -5.74. The smallest absolute Gasteiger partial charge is 0.168 e. The predicted molar refractivity (Wildman–Crippen MR) is 73.4 cm³/mol. The Morgan fingerprint density at radius 3 is 2.08 bits per heavy atom. The maximum absolute atomic E-state index is 11.0. The van der Waals surface area contributed by atoms with Crippen molar-refractivity contribution in [2.45, 2.75) is 48.6 Å². The van der Waals surface area contributed by atoms with E-state index in [1.165, 1.54) is 0 Å². The molecule has 15 heteroatoms. The lowest BCUT2D eigenvalue weighted by atomic mass is 9.98. The fraction of sp³-hybridized carbons (Fsp3) is 1.00. The molecule has 0 saturated carbocycles. The molecule has 1 aliphatic heterocycles. The standard InChI is InChI=1S/C10H23NO12P2/c12-4-5-6(13)7(14)8(15)9(23-5)11-3-1-2-10(16,24(17,18)19)25(20,21)22/h5-9,11-16H,1-4H2,(H2,17,18,19)(H2,20,21,22)/p-3. The van der Waals surface area contributed by atoms with E-state index in [1.54, 1.807) is 0 Å². The molecule has 7 unspecified atom stereocenters. The molecular formula is C10H20NO12P2-3. The Labute approximate surface area is 142 Å². The SMILES string of the molecule is O=P([O-])([O-])C(O)(CCCNC1OC(CO)C(O)C(O)C1O)P(=O)([O-])O. The second kappa shape index (κ2) is 8.36. The van der Waals surface area contributed by atoms with Gasteiger partial charge in [0.2, 0.25) is 0 Å². The lowest BCUT2D eigenvalue weighted by Crippen LogP contribution is -2.62. The van der Waals surface area contributed by atoms with E-state index in [1.807, 2.05) is 0 Å². The molecule has 0 aromatic heterocycles. The van der Waals surface area contributed by atoms with Gasteiger partial charge in [0.05, 0.1) is 6.61 Å². The Morgan fingerprint density at radius 2 is 1.64 bits per heavy atom. The highest BCUT2D eigenvalue weighted by Crippen LogP contribution is 2.63. The molecule has 0 amide bonds. The van der Waals surface area contributed by atoms with Crippen molar-refractivity contribution in [3.8, 4) is 0 Å². The van der Waals surface area contributed by atoms with E-state index in [9.17, 15) is 44.2 Å². The molecule has 1 heterocycles. The largest absolute Gasteiger partial charge is 0.808 e. The topological polar surface area (TPSA) is 246 Å². The van der Waals surface area contributed by atoms with Crippen LogP contribution in [-0.2, 0) is 13.9 Å². The Balaban J connectivity index is 2.65. The van der Waals surface area contributed by atoms with Gasteiger partial charge >= 0.3 is 0 Å². The van der Waals surface area contributed by atoms with Crippen molar-refractivity contribution in [1.29, 1.82) is 0 Å². The minimum absolute atomic E-state index is 0.314. The Kier molecular flexibility index (Phi) is 7.71. The molecule has 25 heavy (non-hydrogen) atoms. The monoisotopic (exact) mass is 408 g/mol. The highest BCUT2D eigenvalue weighted by atomic mass is 31.2. The van der Waals surface area contributed by atoms with Crippen molar-refractivity contribution in [2.75, 3.05) is 13.2 Å². The molecule has 0 aromatic carbocycles. The summed E-state index contributed by atoms with van der Waals surface area (Å²) in [6.45, 7) is -0.993. The third-order valence-electron chi connectivity index (χ3n) is 3.82. The zero-order valence-electron chi connectivity index (χ0n) is 12.7. The average Bonchev–Trinajstić information content (AvgIpc) is 2.48. The summed E-state index contributed by atoms with van der Waals surface area (Å²) in [5.41, 5.74) is 0. The van der Waals surface area contributed by atoms with Crippen LogP contribution in [0.15, 0.2) is 0 Å². The van der Waals surface area contributed by atoms with Crippen LogP contribution < -0.4 is 20.0 Å². The minimum atomic E-state index is -6.11. The van der Waals surface area contributed by atoms with Crippen LogP contribution in [0.2, 0.25) is 0 Å². The first-order valence-corrected chi connectivity index (χ1v) is 10.2. The van der Waals surface area contributed by atoms with Gasteiger partial charge in [-0.15, -0.1) is 0 Å². The molecule has 1 saturated heterocycles. The van der Waals surface area contributed by atoms with Crippen molar-refractivity contribution in [3.05, 3.63) is 0 Å². The molecule has 0 aliphatic carbocycles. The fourth-order valence-electron chi connectivity index (χ4n) is 2.27. The van der Waals surface area contributed by atoms with Gasteiger partial charge in [-0.1, -0.05) is 0 Å². The number of aliphatic hydroxyl groups is 5. The summed E-state index contributed by atoms with van der Waals surface area (Å²) in [7, 11) is -12.0. The molecule has 1 aliphatic rings. The lowest BCUT2D eigenvalue weighted by Gasteiger charge is -2.50. The van der Waals surface area contributed by atoms with Crippen LogP contribution in [0.5, 0.6) is 0 Å². The number of hydrogen-bond acceptors (Lipinski definition) is 12. The Hall–Kier alpha value is 0.0200. The summed E-state index contributed by atoms with van der Waals surface area (Å²) < 4.78 is 27.0. The van der Waals surface area contributed by atoms with Gasteiger partial charge in [0.1, 0.15) is 30.6 Å². The summed E-state index contributed by atoms with van der Waals surface area (Å²) in [4.78, 5) is 41.6. The van der Waals surface area contributed by atoms with E-state index in [0.29, 0.717) is 0 Å². The fourth-order valence-corrected chi connectivity index (χ4v) is 4.38. The van der Waals surface area contributed by atoms with Crippen molar-refractivity contribution in [2.24, 2.45) is 0 Å². The third-order valence-corrected chi connectivity index (χ3v) is 7.54. The van der Waals surface area contributed by atoms with Gasteiger partial charge in [0.15, 0.2) is 12.7 Å². The van der Waals surface area contributed by atoms with E-state index >= 15 is 0 Å². The lowest BCUT2D eigenvalue weighted by molar-refractivity contribution is -0.328. The number of ether oxygens (including phenoxy) is 1. The number of nitrogens with one attached hydrogen (secondary N) is 1. The van der Waals surface area contributed by atoms with E-state index in [2.05, 4.69) is 5.32 Å². The van der Waals surface area contributed by atoms with E-state index in [-0.39, 0.29) is 6.54 Å². The highest BCUT2D eigenvalue weighted by molar-refractivity contribution is 7.70. The van der Waals surface area contributed by atoms with Crippen molar-refractivity contribution in [3.63, 3.8) is 0 Å². The average molecular weight is 408 g/mol. The van der Waals surface area contributed by atoms with Gasteiger partial charge in [0.25, 0.3) is 0 Å². The van der Waals surface area contributed by atoms with E-state index in [0.717, 1.165) is 0 Å². The second-order valence-electron chi connectivity index (χ2n) is 5.60. The number of aliphatic hydroxyl groups excluding tert-OH is 4. The number of hydrogen-bond donors (Lipinski definition) is 7. The maximum Gasteiger partial charge on any atom is 0.168 e.